The first-order valence-corrected chi connectivity index (χ1v) is 4.62. The van der Waals surface area contributed by atoms with Crippen LogP contribution in [0.15, 0.2) is 18.2 Å². The summed E-state index contributed by atoms with van der Waals surface area (Å²) in [5, 5.41) is 3.27. The van der Waals surface area contributed by atoms with Crippen molar-refractivity contribution >= 4 is 5.69 Å². The van der Waals surface area contributed by atoms with E-state index in [0.717, 1.165) is 12.8 Å². The van der Waals surface area contributed by atoms with Gasteiger partial charge in [0.1, 0.15) is 0 Å². The molecule has 0 amide bonds. The molecule has 0 bridgehead atoms. The van der Waals surface area contributed by atoms with Crippen LogP contribution in [0.25, 0.3) is 0 Å². The van der Waals surface area contributed by atoms with E-state index in [1.54, 1.807) is 0 Å². The Labute approximate surface area is 94.6 Å². The van der Waals surface area contributed by atoms with Gasteiger partial charge in [0, 0.05) is 12.7 Å². The van der Waals surface area contributed by atoms with Crippen LogP contribution in [0.5, 0.6) is 0 Å². The molecule has 1 rings (SSSR count). The molecule has 1 nitrogen and oxygen atoms in total. The van der Waals surface area contributed by atoms with E-state index >= 15 is 0 Å². The second-order valence-corrected chi connectivity index (χ2v) is 2.91. The molecule has 0 saturated heterocycles. The molecule has 0 saturated carbocycles. The SMILES string of the molecule is CCc1cccc(CC)c1NC.[H-].[Li+]. The molecule has 1 N–H and O–H groups in total. The first kappa shape index (κ1) is 12.6. The van der Waals surface area contributed by atoms with E-state index in [1.165, 1.54) is 16.8 Å². The van der Waals surface area contributed by atoms with Crippen LogP contribution in [-0.2, 0) is 12.8 Å². The van der Waals surface area contributed by atoms with Crippen molar-refractivity contribution in [2.24, 2.45) is 0 Å². The van der Waals surface area contributed by atoms with Crippen LogP contribution in [0.2, 0.25) is 0 Å². The first-order chi connectivity index (χ1) is 5.83. The minimum atomic E-state index is 0. The second kappa shape index (κ2) is 6.13. The molecule has 0 heterocycles. The van der Waals surface area contributed by atoms with E-state index in [1.807, 2.05) is 7.05 Å². The molecule has 1 aromatic rings. The Morgan fingerprint density at radius 3 is 1.92 bits per heavy atom. The van der Waals surface area contributed by atoms with Crippen molar-refractivity contribution in [2.45, 2.75) is 26.7 Å². The molecule has 2 heteroatoms. The second-order valence-electron chi connectivity index (χ2n) is 2.91. The summed E-state index contributed by atoms with van der Waals surface area (Å²) in [6.07, 6.45) is 2.20. The maximum Gasteiger partial charge on any atom is 1.00 e. The van der Waals surface area contributed by atoms with Gasteiger partial charge in [0.2, 0.25) is 0 Å². The van der Waals surface area contributed by atoms with Crippen molar-refractivity contribution in [1.29, 1.82) is 0 Å². The smallest absolute Gasteiger partial charge is 1.00 e. The molecule has 0 aliphatic rings. The molecule has 0 aliphatic heterocycles. The summed E-state index contributed by atoms with van der Waals surface area (Å²) in [5.74, 6) is 0. The summed E-state index contributed by atoms with van der Waals surface area (Å²) in [4.78, 5) is 0. The largest absolute Gasteiger partial charge is 1.00 e. The minimum absolute atomic E-state index is 0. The van der Waals surface area contributed by atoms with Crippen molar-refractivity contribution < 1.29 is 20.3 Å². The molecular formula is C11H18LiN. The quantitative estimate of drug-likeness (QED) is 0.630. The van der Waals surface area contributed by atoms with Crippen molar-refractivity contribution in [2.75, 3.05) is 12.4 Å². The third kappa shape index (κ3) is 2.79. The number of aryl methyl sites for hydroxylation is 2. The molecule has 0 fully saturated rings. The number of hydrogen-bond acceptors (Lipinski definition) is 1. The third-order valence-corrected chi connectivity index (χ3v) is 2.25. The zero-order valence-corrected chi connectivity index (χ0v) is 9.15. The van der Waals surface area contributed by atoms with Crippen molar-refractivity contribution in [3.8, 4) is 0 Å². The Balaban J connectivity index is 0. The van der Waals surface area contributed by atoms with Gasteiger partial charge in [-0.25, -0.2) is 0 Å². The van der Waals surface area contributed by atoms with Crippen LogP contribution >= 0.6 is 0 Å². The Hall–Kier alpha value is -0.383. The average molecular weight is 171 g/mol. The van der Waals surface area contributed by atoms with Crippen LogP contribution < -0.4 is 24.2 Å². The Morgan fingerprint density at radius 1 is 1.15 bits per heavy atom. The maximum atomic E-state index is 3.27. The molecule has 0 aromatic heterocycles. The van der Waals surface area contributed by atoms with E-state index in [2.05, 4.69) is 37.4 Å². The van der Waals surface area contributed by atoms with Crippen molar-refractivity contribution in [3.63, 3.8) is 0 Å². The predicted octanol–water partition coefficient (Wildman–Crippen LogP) is -0.0304. The summed E-state index contributed by atoms with van der Waals surface area (Å²) in [5.41, 5.74) is 4.15. The number of benzene rings is 1. The number of anilines is 1. The molecule has 68 valence electrons. The fourth-order valence-corrected chi connectivity index (χ4v) is 1.56. The Kier molecular flexibility index (Phi) is 5.95. The van der Waals surface area contributed by atoms with Gasteiger partial charge in [0.15, 0.2) is 0 Å². The van der Waals surface area contributed by atoms with E-state index in [9.17, 15) is 0 Å². The molecule has 0 atom stereocenters. The average Bonchev–Trinajstić information content (AvgIpc) is 2.16. The fraction of sp³-hybridized carbons (Fsp3) is 0.455. The topological polar surface area (TPSA) is 12.0 Å². The summed E-state index contributed by atoms with van der Waals surface area (Å²) in [7, 11) is 1.99. The fourth-order valence-electron chi connectivity index (χ4n) is 1.56. The van der Waals surface area contributed by atoms with E-state index in [-0.39, 0.29) is 20.3 Å². The van der Waals surface area contributed by atoms with Gasteiger partial charge in [-0.3, -0.25) is 0 Å². The van der Waals surface area contributed by atoms with Gasteiger partial charge >= 0.3 is 18.9 Å². The van der Waals surface area contributed by atoms with Gasteiger partial charge < -0.3 is 6.74 Å². The minimum Gasteiger partial charge on any atom is -1.00 e. The number of nitrogens with one attached hydrogen (secondary N) is 1. The van der Waals surface area contributed by atoms with Gasteiger partial charge in [-0.05, 0) is 24.0 Å². The van der Waals surface area contributed by atoms with Crippen LogP contribution in [0.1, 0.15) is 26.4 Å². The number of para-hydroxylation sites is 1. The zero-order chi connectivity index (χ0) is 8.97. The molecule has 0 spiro atoms. The molecule has 1 aromatic carbocycles. The molecular weight excluding hydrogens is 153 g/mol. The van der Waals surface area contributed by atoms with E-state index in [0.29, 0.717) is 0 Å². The summed E-state index contributed by atoms with van der Waals surface area (Å²) >= 11 is 0. The zero-order valence-electron chi connectivity index (χ0n) is 10.1. The van der Waals surface area contributed by atoms with Crippen LogP contribution in [0.4, 0.5) is 5.69 Å². The van der Waals surface area contributed by atoms with E-state index < -0.39 is 0 Å². The number of hydrogen-bond donors (Lipinski definition) is 1. The van der Waals surface area contributed by atoms with E-state index in [4.69, 9.17) is 0 Å². The maximum absolute atomic E-state index is 3.27. The normalized spacial score (nSPS) is 9.15. The van der Waals surface area contributed by atoms with Gasteiger partial charge in [-0.15, -0.1) is 0 Å². The van der Waals surface area contributed by atoms with Gasteiger partial charge in [-0.1, -0.05) is 32.0 Å². The summed E-state index contributed by atoms with van der Waals surface area (Å²) in [6.45, 7) is 4.38. The molecule has 13 heavy (non-hydrogen) atoms. The number of rotatable bonds is 3. The van der Waals surface area contributed by atoms with Gasteiger partial charge in [-0.2, -0.15) is 0 Å². The first-order valence-electron chi connectivity index (χ1n) is 4.62. The van der Waals surface area contributed by atoms with Gasteiger partial charge in [0.05, 0.1) is 0 Å². The molecule has 0 radical (unpaired) electrons. The predicted molar refractivity (Wildman–Crippen MR) is 55.9 cm³/mol. The van der Waals surface area contributed by atoms with Crippen molar-refractivity contribution in [3.05, 3.63) is 29.3 Å². The van der Waals surface area contributed by atoms with Gasteiger partial charge in [0.25, 0.3) is 0 Å². The van der Waals surface area contributed by atoms with Crippen LogP contribution in [0.3, 0.4) is 0 Å². The summed E-state index contributed by atoms with van der Waals surface area (Å²) < 4.78 is 0. The Morgan fingerprint density at radius 2 is 1.62 bits per heavy atom. The standard InChI is InChI=1S/C11H17N.Li.H/c1-4-9-7-6-8-10(5-2)11(9)12-3;;/h6-8,12H,4-5H2,1-3H3;;/q;+1;-1. The van der Waals surface area contributed by atoms with Crippen molar-refractivity contribution in [1.82, 2.24) is 0 Å². The van der Waals surface area contributed by atoms with Crippen LogP contribution in [-0.4, -0.2) is 7.05 Å². The Bertz CT molecular complexity index is 241. The monoisotopic (exact) mass is 171 g/mol. The third-order valence-electron chi connectivity index (χ3n) is 2.25. The molecule has 0 aliphatic carbocycles. The molecule has 0 unspecified atom stereocenters. The summed E-state index contributed by atoms with van der Waals surface area (Å²) in [6, 6.07) is 6.51. The van der Waals surface area contributed by atoms with Crippen LogP contribution in [0, 0.1) is 0 Å².